The molecule has 0 unspecified atom stereocenters. The molecule has 13 heavy (non-hydrogen) atoms. The lowest BCUT2D eigenvalue weighted by Gasteiger charge is -2.17. The molecular weight excluding hydrogens is 186 g/mol. The number of hydrogen-bond donors (Lipinski definition) is 1. The lowest BCUT2D eigenvalue weighted by atomic mass is 10.3. The molecule has 0 atom stereocenters. The third-order valence-electron chi connectivity index (χ3n) is 2.01. The van der Waals surface area contributed by atoms with E-state index in [1.807, 2.05) is 29.2 Å². The fraction of sp³-hybridized carbons (Fsp3) is 0.222. The molecule has 0 amide bonds. The highest BCUT2D eigenvalue weighted by atomic mass is 35.5. The van der Waals surface area contributed by atoms with Crippen molar-refractivity contribution >= 4 is 23.2 Å². The van der Waals surface area contributed by atoms with Gasteiger partial charge in [-0.15, -0.1) is 0 Å². The Hall–Kier alpha value is -1.22. The highest BCUT2D eigenvalue weighted by Crippen LogP contribution is 2.19. The first-order chi connectivity index (χ1) is 6.27. The summed E-state index contributed by atoms with van der Waals surface area (Å²) in [6.45, 7) is 1.63. The summed E-state index contributed by atoms with van der Waals surface area (Å²) in [4.78, 5) is 6.07. The van der Waals surface area contributed by atoms with Gasteiger partial charge in [0.2, 0.25) is 0 Å². The van der Waals surface area contributed by atoms with Gasteiger partial charge in [-0.25, -0.2) is 0 Å². The van der Waals surface area contributed by atoms with Gasteiger partial charge >= 0.3 is 0 Å². The standard InChI is InChI=1S/C9H10ClN3/c10-7-1-3-8(4-2-7)13-6-5-12-9(13)11/h1-4H,5-6H2,(H2,11,12). The number of hydrogen-bond acceptors (Lipinski definition) is 3. The maximum absolute atomic E-state index is 5.77. The van der Waals surface area contributed by atoms with Crippen molar-refractivity contribution < 1.29 is 0 Å². The van der Waals surface area contributed by atoms with E-state index in [1.165, 1.54) is 0 Å². The average Bonchev–Trinajstić information content (AvgIpc) is 2.53. The maximum Gasteiger partial charge on any atom is 0.195 e. The van der Waals surface area contributed by atoms with Crippen LogP contribution in [0.4, 0.5) is 5.69 Å². The summed E-state index contributed by atoms with van der Waals surface area (Å²) in [5.74, 6) is 0.585. The van der Waals surface area contributed by atoms with E-state index >= 15 is 0 Å². The van der Waals surface area contributed by atoms with Crippen LogP contribution in [0.15, 0.2) is 29.3 Å². The van der Waals surface area contributed by atoms with E-state index in [9.17, 15) is 0 Å². The van der Waals surface area contributed by atoms with E-state index in [2.05, 4.69) is 4.99 Å². The predicted octanol–water partition coefficient (Wildman–Crippen LogP) is 1.47. The number of halogens is 1. The predicted molar refractivity (Wildman–Crippen MR) is 55.3 cm³/mol. The SMILES string of the molecule is NC1=NCCN1c1ccc(Cl)cc1. The average molecular weight is 196 g/mol. The number of aliphatic imine (C=N–C) groups is 1. The third-order valence-corrected chi connectivity index (χ3v) is 2.26. The molecule has 0 fully saturated rings. The van der Waals surface area contributed by atoms with Gasteiger partial charge in [0.15, 0.2) is 5.96 Å². The van der Waals surface area contributed by atoms with Gasteiger partial charge in [-0.05, 0) is 24.3 Å². The Morgan fingerprint density at radius 1 is 1.31 bits per heavy atom. The number of anilines is 1. The van der Waals surface area contributed by atoms with Crippen LogP contribution in [0.3, 0.4) is 0 Å². The lowest BCUT2D eigenvalue weighted by Crippen LogP contribution is -2.33. The Balaban J connectivity index is 2.26. The van der Waals surface area contributed by atoms with Gasteiger partial charge in [0.05, 0.1) is 6.54 Å². The van der Waals surface area contributed by atoms with Gasteiger partial charge in [-0.3, -0.25) is 4.99 Å². The smallest absolute Gasteiger partial charge is 0.195 e. The van der Waals surface area contributed by atoms with Crippen LogP contribution in [0.1, 0.15) is 0 Å². The van der Waals surface area contributed by atoms with Crippen LogP contribution >= 0.6 is 11.6 Å². The van der Waals surface area contributed by atoms with Crippen molar-refractivity contribution in [2.24, 2.45) is 10.7 Å². The first-order valence-electron chi connectivity index (χ1n) is 4.10. The van der Waals surface area contributed by atoms with E-state index in [4.69, 9.17) is 17.3 Å². The summed E-state index contributed by atoms with van der Waals surface area (Å²) in [5, 5.41) is 0.735. The summed E-state index contributed by atoms with van der Waals surface area (Å²) in [5.41, 5.74) is 6.74. The minimum Gasteiger partial charge on any atom is -0.370 e. The third kappa shape index (κ3) is 1.60. The highest BCUT2D eigenvalue weighted by Gasteiger charge is 2.14. The molecule has 0 aliphatic carbocycles. The zero-order valence-electron chi connectivity index (χ0n) is 7.07. The Morgan fingerprint density at radius 3 is 2.54 bits per heavy atom. The minimum absolute atomic E-state index is 0.585. The number of nitrogens with two attached hydrogens (primary N) is 1. The molecule has 0 saturated heterocycles. The Morgan fingerprint density at radius 2 is 2.00 bits per heavy atom. The zero-order chi connectivity index (χ0) is 9.26. The first kappa shape index (κ1) is 8.38. The van der Waals surface area contributed by atoms with Crippen LogP contribution in [0.5, 0.6) is 0 Å². The van der Waals surface area contributed by atoms with Gasteiger partial charge in [0.1, 0.15) is 0 Å². The molecule has 0 aromatic heterocycles. The topological polar surface area (TPSA) is 41.6 Å². The van der Waals surface area contributed by atoms with Crippen LogP contribution in [-0.2, 0) is 0 Å². The molecule has 4 heteroatoms. The van der Waals surface area contributed by atoms with Gasteiger partial charge in [0.25, 0.3) is 0 Å². The summed E-state index contributed by atoms with van der Waals surface area (Å²) >= 11 is 5.77. The number of rotatable bonds is 1. The molecule has 2 N–H and O–H groups in total. The van der Waals surface area contributed by atoms with Gasteiger partial charge in [0, 0.05) is 17.3 Å². The van der Waals surface area contributed by atoms with E-state index in [0.717, 1.165) is 23.8 Å². The van der Waals surface area contributed by atoms with E-state index in [-0.39, 0.29) is 0 Å². The van der Waals surface area contributed by atoms with Crippen molar-refractivity contribution in [3.05, 3.63) is 29.3 Å². The molecular formula is C9H10ClN3. The molecule has 3 nitrogen and oxygen atoms in total. The molecule has 1 aliphatic rings. The largest absolute Gasteiger partial charge is 0.370 e. The Bertz CT molecular complexity index is 331. The van der Waals surface area contributed by atoms with Crippen LogP contribution in [0, 0.1) is 0 Å². The van der Waals surface area contributed by atoms with Crippen LogP contribution < -0.4 is 10.6 Å². The number of nitrogens with zero attached hydrogens (tertiary/aromatic N) is 2. The van der Waals surface area contributed by atoms with Gasteiger partial charge in [-0.1, -0.05) is 11.6 Å². The highest BCUT2D eigenvalue weighted by molar-refractivity contribution is 6.30. The second kappa shape index (κ2) is 3.26. The molecule has 1 aromatic rings. The van der Waals surface area contributed by atoms with Crippen LogP contribution in [0.25, 0.3) is 0 Å². The molecule has 1 heterocycles. The van der Waals surface area contributed by atoms with Crippen molar-refractivity contribution in [3.63, 3.8) is 0 Å². The van der Waals surface area contributed by atoms with Crippen LogP contribution in [-0.4, -0.2) is 19.0 Å². The quantitative estimate of drug-likeness (QED) is 0.738. The normalized spacial score (nSPS) is 16.1. The first-order valence-corrected chi connectivity index (χ1v) is 4.48. The van der Waals surface area contributed by atoms with Gasteiger partial charge < -0.3 is 10.6 Å². The molecule has 0 spiro atoms. The molecule has 0 bridgehead atoms. The van der Waals surface area contributed by atoms with E-state index in [0.29, 0.717) is 5.96 Å². The Kier molecular flexibility index (Phi) is 2.10. The van der Waals surface area contributed by atoms with Crippen molar-refractivity contribution in [1.82, 2.24) is 0 Å². The van der Waals surface area contributed by atoms with E-state index < -0.39 is 0 Å². The maximum atomic E-state index is 5.77. The van der Waals surface area contributed by atoms with Crippen molar-refractivity contribution in [2.75, 3.05) is 18.0 Å². The van der Waals surface area contributed by atoms with Crippen molar-refractivity contribution in [2.45, 2.75) is 0 Å². The fourth-order valence-electron chi connectivity index (χ4n) is 1.35. The Labute approximate surface area is 81.8 Å². The molecule has 1 aromatic carbocycles. The second-order valence-electron chi connectivity index (χ2n) is 2.87. The number of guanidine groups is 1. The number of benzene rings is 1. The monoisotopic (exact) mass is 195 g/mol. The second-order valence-corrected chi connectivity index (χ2v) is 3.30. The lowest BCUT2D eigenvalue weighted by molar-refractivity contribution is 1.02. The minimum atomic E-state index is 0.585. The molecule has 68 valence electrons. The van der Waals surface area contributed by atoms with Crippen molar-refractivity contribution in [3.8, 4) is 0 Å². The summed E-state index contributed by atoms with van der Waals surface area (Å²) in [6, 6.07) is 7.58. The zero-order valence-corrected chi connectivity index (χ0v) is 7.83. The molecule has 0 saturated carbocycles. The summed E-state index contributed by atoms with van der Waals surface area (Å²) in [6.07, 6.45) is 0. The van der Waals surface area contributed by atoms with E-state index in [1.54, 1.807) is 0 Å². The van der Waals surface area contributed by atoms with Gasteiger partial charge in [-0.2, -0.15) is 0 Å². The molecule has 1 aliphatic heterocycles. The molecule has 0 radical (unpaired) electrons. The van der Waals surface area contributed by atoms with Crippen molar-refractivity contribution in [1.29, 1.82) is 0 Å². The summed E-state index contributed by atoms with van der Waals surface area (Å²) < 4.78 is 0. The summed E-state index contributed by atoms with van der Waals surface area (Å²) in [7, 11) is 0. The fourth-order valence-corrected chi connectivity index (χ4v) is 1.47. The molecule has 2 rings (SSSR count). The van der Waals surface area contributed by atoms with Crippen LogP contribution in [0.2, 0.25) is 5.02 Å².